The van der Waals surface area contributed by atoms with Crippen LogP contribution in [0.5, 0.6) is 11.5 Å². The number of nitrogens with one attached hydrogen (secondary N) is 1. The highest BCUT2D eigenvalue weighted by Gasteiger charge is 2.23. The topological polar surface area (TPSA) is 86.5 Å². The summed E-state index contributed by atoms with van der Waals surface area (Å²) in [7, 11) is 0. The predicted molar refractivity (Wildman–Crippen MR) is 104 cm³/mol. The third kappa shape index (κ3) is 4.82. The van der Waals surface area contributed by atoms with Crippen LogP contribution in [-0.2, 0) is 4.79 Å². The van der Waals surface area contributed by atoms with Gasteiger partial charge in [-0.25, -0.2) is 9.97 Å². The molecule has 29 heavy (non-hydrogen) atoms. The Labute approximate surface area is 167 Å². The van der Waals surface area contributed by atoms with Gasteiger partial charge in [0.1, 0.15) is 23.6 Å². The molecule has 1 fully saturated rings. The van der Waals surface area contributed by atoms with Crippen LogP contribution in [0.2, 0.25) is 0 Å². The Hall–Kier alpha value is -3.16. The molecule has 152 valence electrons. The molecule has 3 aromatic rings. The van der Waals surface area contributed by atoms with Crippen LogP contribution in [-0.4, -0.2) is 35.1 Å². The molecule has 0 saturated heterocycles. The largest absolute Gasteiger partial charge is 0.491 e. The molecule has 1 aromatic carbocycles. The van der Waals surface area contributed by atoms with Gasteiger partial charge in [0, 0.05) is 13.0 Å². The van der Waals surface area contributed by atoms with Gasteiger partial charge in [0.2, 0.25) is 11.8 Å². The van der Waals surface area contributed by atoms with Gasteiger partial charge in [-0.2, -0.15) is 4.39 Å². The maximum absolute atomic E-state index is 14.2. The van der Waals surface area contributed by atoms with E-state index in [4.69, 9.17) is 13.9 Å². The fourth-order valence-electron chi connectivity index (χ4n) is 2.85. The number of amides is 1. The number of rotatable bonds is 8. The molecule has 1 atom stereocenters. The third-order valence-electron chi connectivity index (χ3n) is 4.51. The fraction of sp³-hybridized carbons (Fsp3) is 0.381. The number of benzene rings is 1. The van der Waals surface area contributed by atoms with Gasteiger partial charge in [-0.1, -0.05) is 0 Å². The van der Waals surface area contributed by atoms with E-state index in [2.05, 4.69) is 15.3 Å². The number of halogens is 1. The average Bonchev–Trinajstić information content (AvgIpc) is 3.41. The minimum atomic E-state index is -0.679. The van der Waals surface area contributed by atoms with Gasteiger partial charge >= 0.3 is 0 Å². The summed E-state index contributed by atoms with van der Waals surface area (Å²) in [5.41, 5.74) is 1.40. The number of pyridine rings is 1. The SMILES string of the molecule is CC(=O)N[C@@H](C)COc1ccc2nc(-c3ccc(OCC4CC4)c(F)n3)oc2c1. The first kappa shape index (κ1) is 19.2. The number of oxazole rings is 1. The minimum Gasteiger partial charge on any atom is -0.491 e. The third-order valence-corrected chi connectivity index (χ3v) is 4.51. The van der Waals surface area contributed by atoms with Crippen molar-refractivity contribution < 1.29 is 23.1 Å². The molecule has 0 unspecified atom stereocenters. The van der Waals surface area contributed by atoms with Crippen molar-refractivity contribution in [3.63, 3.8) is 0 Å². The molecule has 0 radical (unpaired) electrons. The number of ether oxygens (including phenoxy) is 2. The fourth-order valence-corrected chi connectivity index (χ4v) is 2.85. The Bertz CT molecular complexity index is 1030. The summed E-state index contributed by atoms with van der Waals surface area (Å²) in [5, 5.41) is 2.75. The van der Waals surface area contributed by atoms with E-state index in [1.807, 2.05) is 6.92 Å². The van der Waals surface area contributed by atoms with Crippen molar-refractivity contribution in [1.82, 2.24) is 15.3 Å². The van der Waals surface area contributed by atoms with E-state index in [0.717, 1.165) is 12.8 Å². The molecule has 2 aromatic heterocycles. The van der Waals surface area contributed by atoms with Crippen LogP contribution in [0.25, 0.3) is 22.7 Å². The number of aromatic nitrogens is 2. The van der Waals surface area contributed by atoms with Crippen LogP contribution >= 0.6 is 0 Å². The second-order valence-corrected chi connectivity index (χ2v) is 7.30. The quantitative estimate of drug-likeness (QED) is 0.581. The second-order valence-electron chi connectivity index (χ2n) is 7.30. The van der Waals surface area contributed by atoms with E-state index in [1.165, 1.54) is 6.92 Å². The lowest BCUT2D eigenvalue weighted by molar-refractivity contribution is -0.119. The van der Waals surface area contributed by atoms with Crippen LogP contribution < -0.4 is 14.8 Å². The Morgan fingerprint density at radius 2 is 2.10 bits per heavy atom. The lowest BCUT2D eigenvalue weighted by Crippen LogP contribution is -2.35. The van der Waals surface area contributed by atoms with Gasteiger partial charge in [-0.3, -0.25) is 4.79 Å². The molecular weight excluding hydrogens is 377 g/mol. The van der Waals surface area contributed by atoms with Crippen LogP contribution in [0.1, 0.15) is 26.7 Å². The highest BCUT2D eigenvalue weighted by molar-refractivity contribution is 5.77. The van der Waals surface area contributed by atoms with Crippen LogP contribution in [0.15, 0.2) is 34.7 Å². The lowest BCUT2D eigenvalue weighted by Gasteiger charge is -2.13. The Kier molecular flexibility index (Phi) is 5.33. The highest BCUT2D eigenvalue weighted by atomic mass is 19.1. The van der Waals surface area contributed by atoms with Crippen molar-refractivity contribution in [2.24, 2.45) is 5.92 Å². The molecule has 1 amide bonds. The number of carbonyl (C=O) groups excluding carboxylic acids is 1. The van der Waals surface area contributed by atoms with Gasteiger partial charge in [0.25, 0.3) is 5.95 Å². The summed E-state index contributed by atoms with van der Waals surface area (Å²) >= 11 is 0. The van der Waals surface area contributed by atoms with E-state index < -0.39 is 5.95 Å². The number of nitrogens with zero attached hydrogens (tertiary/aromatic N) is 2. The maximum atomic E-state index is 14.2. The normalized spacial score (nSPS) is 14.6. The summed E-state index contributed by atoms with van der Waals surface area (Å²) in [6, 6.07) is 8.27. The van der Waals surface area contributed by atoms with Crippen molar-refractivity contribution in [2.75, 3.05) is 13.2 Å². The molecule has 1 saturated carbocycles. The molecule has 1 aliphatic carbocycles. The van der Waals surface area contributed by atoms with E-state index in [0.29, 0.717) is 41.7 Å². The summed E-state index contributed by atoms with van der Waals surface area (Å²) < 4.78 is 31.1. The molecular formula is C21H22FN3O4. The van der Waals surface area contributed by atoms with Crippen LogP contribution in [0, 0.1) is 11.9 Å². The first-order chi connectivity index (χ1) is 14.0. The number of hydrogen-bond donors (Lipinski definition) is 1. The van der Waals surface area contributed by atoms with Crippen molar-refractivity contribution >= 4 is 17.0 Å². The molecule has 1 aliphatic rings. The standard InChI is InChI=1S/C21H22FN3O4/c1-12(23-13(2)26)10-27-15-5-6-16-19(9-15)29-21(25-16)17-7-8-18(20(22)24-17)28-11-14-3-4-14/h5-9,12,14H,3-4,10-11H2,1-2H3,(H,23,26)/t12-/m0/s1. The van der Waals surface area contributed by atoms with Gasteiger partial charge < -0.3 is 19.2 Å². The van der Waals surface area contributed by atoms with Crippen molar-refractivity contribution in [1.29, 1.82) is 0 Å². The van der Waals surface area contributed by atoms with E-state index in [-0.39, 0.29) is 23.6 Å². The monoisotopic (exact) mass is 399 g/mol. The van der Waals surface area contributed by atoms with Crippen molar-refractivity contribution in [2.45, 2.75) is 32.7 Å². The van der Waals surface area contributed by atoms with Gasteiger partial charge in [0.05, 0.1) is 12.6 Å². The summed E-state index contributed by atoms with van der Waals surface area (Å²) in [5.74, 6) is 0.683. The van der Waals surface area contributed by atoms with Crippen molar-refractivity contribution in [3.8, 4) is 23.1 Å². The first-order valence-corrected chi connectivity index (χ1v) is 9.58. The van der Waals surface area contributed by atoms with E-state index in [9.17, 15) is 9.18 Å². The Balaban J connectivity index is 1.46. The smallest absolute Gasteiger partial charge is 0.255 e. The Morgan fingerprint density at radius 1 is 1.28 bits per heavy atom. The van der Waals surface area contributed by atoms with Gasteiger partial charge in [0.15, 0.2) is 11.3 Å². The van der Waals surface area contributed by atoms with Gasteiger partial charge in [-0.05, 0) is 49.9 Å². The zero-order chi connectivity index (χ0) is 20.4. The van der Waals surface area contributed by atoms with E-state index >= 15 is 0 Å². The zero-order valence-electron chi connectivity index (χ0n) is 16.3. The molecule has 7 nitrogen and oxygen atoms in total. The summed E-state index contributed by atoms with van der Waals surface area (Å²) in [6.45, 7) is 4.15. The predicted octanol–water partition coefficient (Wildman–Crippen LogP) is 3.72. The maximum Gasteiger partial charge on any atom is 0.255 e. The molecule has 2 heterocycles. The summed E-state index contributed by atoms with van der Waals surface area (Å²) in [6.07, 6.45) is 2.27. The molecule has 0 bridgehead atoms. The minimum absolute atomic E-state index is 0.111. The second kappa shape index (κ2) is 8.06. The molecule has 1 N–H and O–H groups in total. The highest BCUT2D eigenvalue weighted by Crippen LogP contribution is 2.31. The zero-order valence-corrected chi connectivity index (χ0v) is 16.3. The molecule has 8 heteroatoms. The van der Waals surface area contributed by atoms with Crippen LogP contribution in [0.4, 0.5) is 4.39 Å². The molecule has 0 aliphatic heterocycles. The van der Waals surface area contributed by atoms with Gasteiger partial charge in [-0.15, -0.1) is 0 Å². The lowest BCUT2D eigenvalue weighted by atomic mass is 10.3. The number of fused-ring (bicyclic) bond motifs is 1. The summed E-state index contributed by atoms with van der Waals surface area (Å²) in [4.78, 5) is 19.4. The number of hydrogen-bond acceptors (Lipinski definition) is 6. The Morgan fingerprint density at radius 3 is 2.83 bits per heavy atom. The molecule has 0 spiro atoms. The number of carbonyl (C=O) groups is 1. The molecule has 4 rings (SSSR count). The van der Waals surface area contributed by atoms with E-state index in [1.54, 1.807) is 30.3 Å². The van der Waals surface area contributed by atoms with Crippen LogP contribution in [0.3, 0.4) is 0 Å². The first-order valence-electron chi connectivity index (χ1n) is 9.58. The van der Waals surface area contributed by atoms with Crippen molar-refractivity contribution in [3.05, 3.63) is 36.3 Å². The average molecular weight is 399 g/mol.